The van der Waals surface area contributed by atoms with Gasteiger partial charge in [0.2, 0.25) is 5.91 Å². The van der Waals surface area contributed by atoms with Crippen molar-refractivity contribution in [3.63, 3.8) is 0 Å². The van der Waals surface area contributed by atoms with Gasteiger partial charge in [-0.25, -0.2) is 0 Å². The molecule has 0 aliphatic carbocycles. The van der Waals surface area contributed by atoms with Crippen molar-refractivity contribution in [3.8, 4) is 0 Å². The molecule has 3 rings (SSSR count). The molecule has 0 bridgehead atoms. The van der Waals surface area contributed by atoms with Crippen molar-refractivity contribution in [1.29, 1.82) is 0 Å². The van der Waals surface area contributed by atoms with Gasteiger partial charge in [0.1, 0.15) is 0 Å². The van der Waals surface area contributed by atoms with Gasteiger partial charge in [-0.05, 0) is 48.6 Å². The quantitative estimate of drug-likeness (QED) is 0.890. The Balaban J connectivity index is 1.58. The SMILES string of the molecule is Cn1ccc(CC(=O)N2CCC(CO)(Cc3ccc(Cl)cc3)CC2)c1. The molecular weight excluding hydrogens is 336 g/mol. The summed E-state index contributed by atoms with van der Waals surface area (Å²) in [6, 6.07) is 9.81. The van der Waals surface area contributed by atoms with Crippen LogP contribution in [0.15, 0.2) is 42.7 Å². The third-order valence-electron chi connectivity index (χ3n) is 5.25. The molecule has 5 heteroatoms. The highest BCUT2D eigenvalue weighted by Crippen LogP contribution is 2.35. The Morgan fingerprint density at radius 3 is 2.40 bits per heavy atom. The van der Waals surface area contributed by atoms with Gasteiger partial charge in [0.05, 0.1) is 6.42 Å². The average molecular weight is 361 g/mol. The third-order valence-corrected chi connectivity index (χ3v) is 5.51. The van der Waals surface area contributed by atoms with Crippen molar-refractivity contribution in [2.24, 2.45) is 12.5 Å². The molecule has 0 unspecified atom stereocenters. The lowest BCUT2D eigenvalue weighted by atomic mass is 9.74. The van der Waals surface area contributed by atoms with Crippen LogP contribution in [0.25, 0.3) is 0 Å². The molecule has 4 nitrogen and oxygen atoms in total. The second-order valence-electron chi connectivity index (χ2n) is 7.20. The number of rotatable bonds is 5. The molecule has 134 valence electrons. The summed E-state index contributed by atoms with van der Waals surface area (Å²) in [7, 11) is 1.96. The zero-order chi connectivity index (χ0) is 17.9. The number of benzene rings is 1. The van der Waals surface area contributed by atoms with Gasteiger partial charge >= 0.3 is 0 Å². The van der Waals surface area contributed by atoms with Gasteiger partial charge in [-0.1, -0.05) is 23.7 Å². The highest BCUT2D eigenvalue weighted by Gasteiger charge is 2.35. The summed E-state index contributed by atoms with van der Waals surface area (Å²) in [6.45, 7) is 1.57. The first-order valence-electron chi connectivity index (χ1n) is 8.74. The summed E-state index contributed by atoms with van der Waals surface area (Å²) in [5.41, 5.74) is 2.09. The standard InChI is InChI=1S/C20H25ClN2O2/c1-22-9-6-17(14-22)12-19(25)23-10-7-20(15-24,8-11-23)13-16-2-4-18(21)5-3-16/h2-6,9,14,24H,7-8,10-13,15H2,1H3. The number of hydrogen-bond donors (Lipinski definition) is 1. The van der Waals surface area contributed by atoms with Gasteiger partial charge in [-0.3, -0.25) is 4.79 Å². The smallest absolute Gasteiger partial charge is 0.227 e. The summed E-state index contributed by atoms with van der Waals surface area (Å²) < 4.78 is 1.96. The molecule has 0 spiro atoms. The fourth-order valence-corrected chi connectivity index (χ4v) is 3.73. The van der Waals surface area contributed by atoms with Crippen molar-refractivity contribution in [2.75, 3.05) is 19.7 Å². The largest absolute Gasteiger partial charge is 0.396 e. The van der Waals surface area contributed by atoms with E-state index in [0.717, 1.165) is 29.8 Å². The molecule has 1 aliphatic heterocycles. The number of hydrogen-bond acceptors (Lipinski definition) is 2. The Morgan fingerprint density at radius 2 is 1.84 bits per heavy atom. The van der Waals surface area contributed by atoms with Crippen LogP contribution in [0.5, 0.6) is 0 Å². The summed E-state index contributed by atoms with van der Waals surface area (Å²) in [6.07, 6.45) is 6.87. The number of carbonyl (C=O) groups is 1. The number of halogens is 1. The number of aryl methyl sites for hydroxylation is 1. The van der Waals surface area contributed by atoms with E-state index in [1.165, 1.54) is 5.56 Å². The molecule has 1 aromatic carbocycles. The number of nitrogens with zero attached hydrogens (tertiary/aromatic N) is 2. The number of aromatic nitrogens is 1. The van der Waals surface area contributed by atoms with Crippen molar-refractivity contribution < 1.29 is 9.90 Å². The number of piperidine rings is 1. The molecule has 1 N–H and O–H groups in total. The minimum Gasteiger partial charge on any atom is -0.396 e. The second kappa shape index (κ2) is 7.63. The fraction of sp³-hybridized carbons (Fsp3) is 0.450. The third kappa shape index (κ3) is 4.44. The van der Waals surface area contributed by atoms with E-state index < -0.39 is 0 Å². The normalized spacial score (nSPS) is 16.8. The first-order chi connectivity index (χ1) is 12.0. The molecule has 1 aromatic heterocycles. The maximum Gasteiger partial charge on any atom is 0.227 e. The Labute approximate surface area is 154 Å². The van der Waals surface area contributed by atoms with E-state index in [0.29, 0.717) is 19.5 Å². The van der Waals surface area contributed by atoms with Crippen molar-refractivity contribution in [1.82, 2.24) is 9.47 Å². The first-order valence-corrected chi connectivity index (χ1v) is 9.11. The minimum atomic E-state index is -0.142. The molecule has 1 amide bonds. The minimum absolute atomic E-state index is 0.142. The van der Waals surface area contributed by atoms with Crippen LogP contribution in [0.1, 0.15) is 24.0 Å². The number of aliphatic hydroxyl groups is 1. The second-order valence-corrected chi connectivity index (χ2v) is 7.64. The maximum absolute atomic E-state index is 12.5. The number of likely N-dealkylation sites (tertiary alicyclic amines) is 1. The van der Waals surface area contributed by atoms with Crippen LogP contribution < -0.4 is 0 Å². The summed E-state index contributed by atoms with van der Waals surface area (Å²) in [5, 5.41) is 10.7. The van der Waals surface area contributed by atoms with Crippen LogP contribution in [0, 0.1) is 5.41 Å². The predicted octanol–water partition coefficient (Wildman–Crippen LogP) is 3.06. The van der Waals surface area contributed by atoms with E-state index in [9.17, 15) is 9.90 Å². The molecule has 0 saturated carbocycles. The van der Waals surface area contributed by atoms with Crippen LogP contribution in [0.3, 0.4) is 0 Å². The van der Waals surface area contributed by atoms with Gasteiger partial charge in [-0.15, -0.1) is 0 Å². The zero-order valence-corrected chi connectivity index (χ0v) is 15.4. The number of aliphatic hydroxyl groups excluding tert-OH is 1. The van der Waals surface area contributed by atoms with E-state index >= 15 is 0 Å². The molecule has 1 aliphatic rings. The summed E-state index contributed by atoms with van der Waals surface area (Å²) in [4.78, 5) is 14.4. The lowest BCUT2D eigenvalue weighted by molar-refractivity contribution is -0.133. The molecular formula is C20H25ClN2O2. The summed E-state index contributed by atoms with van der Waals surface area (Å²) >= 11 is 5.95. The van der Waals surface area contributed by atoms with E-state index in [1.54, 1.807) is 0 Å². The van der Waals surface area contributed by atoms with Crippen molar-refractivity contribution >= 4 is 17.5 Å². The van der Waals surface area contributed by atoms with E-state index in [-0.39, 0.29) is 17.9 Å². The van der Waals surface area contributed by atoms with E-state index in [1.807, 2.05) is 59.2 Å². The maximum atomic E-state index is 12.5. The van der Waals surface area contributed by atoms with Gasteiger partial charge in [0.15, 0.2) is 0 Å². The fourth-order valence-electron chi connectivity index (χ4n) is 3.61. The average Bonchev–Trinajstić information content (AvgIpc) is 3.02. The van der Waals surface area contributed by atoms with Gasteiger partial charge in [0.25, 0.3) is 0 Å². The van der Waals surface area contributed by atoms with Crippen molar-refractivity contribution in [3.05, 3.63) is 58.9 Å². The Morgan fingerprint density at radius 1 is 1.16 bits per heavy atom. The molecule has 0 atom stereocenters. The molecule has 2 heterocycles. The lowest BCUT2D eigenvalue weighted by Crippen LogP contribution is -2.46. The Kier molecular flexibility index (Phi) is 5.50. The topological polar surface area (TPSA) is 45.5 Å². The van der Waals surface area contributed by atoms with Gasteiger partial charge < -0.3 is 14.6 Å². The number of carbonyl (C=O) groups excluding carboxylic acids is 1. The van der Waals surface area contributed by atoms with Gasteiger partial charge in [0, 0.05) is 49.6 Å². The van der Waals surface area contributed by atoms with E-state index in [4.69, 9.17) is 11.6 Å². The van der Waals surface area contributed by atoms with Crippen molar-refractivity contribution in [2.45, 2.75) is 25.7 Å². The molecule has 1 fully saturated rings. The molecule has 2 aromatic rings. The van der Waals surface area contributed by atoms with Crippen LogP contribution in [-0.4, -0.2) is 40.2 Å². The lowest BCUT2D eigenvalue weighted by Gasteiger charge is -2.41. The zero-order valence-electron chi connectivity index (χ0n) is 14.6. The highest BCUT2D eigenvalue weighted by atomic mass is 35.5. The number of amides is 1. The molecule has 25 heavy (non-hydrogen) atoms. The van der Waals surface area contributed by atoms with Crippen LogP contribution >= 0.6 is 11.6 Å². The predicted molar refractivity (Wildman–Crippen MR) is 99.6 cm³/mol. The molecule has 0 radical (unpaired) electrons. The van der Waals surface area contributed by atoms with Gasteiger partial charge in [-0.2, -0.15) is 0 Å². The monoisotopic (exact) mass is 360 g/mol. The summed E-state index contributed by atoms with van der Waals surface area (Å²) in [5.74, 6) is 0.171. The molecule has 1 saturated heterocycles. The van der Waals surface area contributed by atoms with Crippen LogP contribution in [0.2, 0.25) is 5.02 Å². The highest BCUT2D eigenvalue weighted by molar-refractivity contribution is 6.30. The Bertz CT molecular complexity index is 716. The van der Waals surface area contributed by atoms with Crippen LogP contribution in [-0.2, 0) is 24.7 Å². The van der Waals surface area contributed by atoms with Crippen LogP contribution in [0.4, 0.5) is 0 Å². The first kappa shape index (κ1) is 18.0. The Hall–Kier alpha value is -1.78. The van der Waals surface area contributed by atoms with E-state index in [2.05, 4.69) is 0 Å².